The average Bonchev–Trinajstić information content (AvgIpc) is 2.09. The predicted octanol–water partition coefficient (Wildman–Crippen LogP) is 0.0522. The van der Waals surface area contributed by atoms with Gasteiger partial charge in [0.1, 0.15) is 17.5 Å². The molecule has 0 spiro atoms. The highest BCUT2D eigenvalue weighted by molar-refractivity contribution is 5.73. The Morgan fingerprint density at radius 1 is 1.43 bits per heavy atom. The fourth-order valence-corrected chi connectivity index (χ4v) is 1.05. The summed E-state index contributed by atoms with van der Waals surface area (Å²) >= 11 is 0. The molecule has 0 aliphatic heterocycles. The van der Waals surface area contributed by atoms with E-state index in [-0.39, 0.29) is 17.9 Å². The van der Waals surface area contributed by atoms with E-state index >= 15 is 0 Å². The summed E-state index contributed by atoms with van der Waals surface area (Å²) in [6.45, 7) is 0. The van der Waals surface area contributed by atoms with E-state index in [0.717, 1.165) is 6.07 Å². The van der Waals surface area contributed by atoms with Gasteiger partial charge in [-0.25, -0.2) is 0 Å². The second-order valence-electron chi connectivity index (χ2n) is 2.96. The van der Waals surface area contributed by atoms with Gasteiger partial charge < -0.3 is 21.1 Å². The molecule has 0 aliphatic carbocycles. The van der Waals surface area contributed by atoms with Crippen molar-refractivity contribution in [1.29, 1.82) is 0 Å². The van der Waals surface area contributed by atoms with Crippen LogP contribution in [0, 0.1) is 0 Å². The Morgan fingerprint density at radius 2 is 2.07 bits per heavy atom. The minimum atomic E-state index is -1.13. The molecular formula is C9H11NO4. The quantitative estimate of drug-likeness (QED) is 0.548. The monoisotopic (exact) mass is 197 g/mol. The minimum Gasteiger partial charge on any atom is -0.508 e. The summed E-state index contributed by atoms with van der Waals surface area (Å²) in [7, 11) is 0. The van der Waals surface area contributed by atoms with Gasteiger partial charge in [-0.05, 0) is 11.6 Å². The fourth-order valence-electron chi connectivity index (χ4n) is 1.05. The molecule has 1 aromatic rings. The molecule has 76 valence electrons. The number of phenols is 2. The Hall–Kier alpha value is -1.75. The Bertz CT molecular complexity index is 351. The van der Waals surface area contributed by atoms with Crippen molar-refractivity contribution >= 4 is 5.97 Å². The standard InChI is InChI=1S/C9H11NO4/c10-7(9(13)14)3-5-1-2-6(11)4-8(5)12/h1-2,4,7,11-12H,3,10H2,(H,13,14)/t7-/m1/s1. The number of carbonyl (C=O) groups is 1. The van der Waals surface area contributed by atoms with Crippen molar-refractivity contribution in [3.63, 3.8) is 0 Å². The molecule has 5 nitrogen and oxygen atoms in total. The molecular weight excluding hydrogens is 186 g/mol. The summed E-state index contributed by atoms with van der Waals surface area (Å²) in [4.78, 5) is 10.4. The third-order valence-electron chi connectivity index (χ3n) is 1.83. The first kappa shape index (κ1) is 10.3. The van der Waals surface area contributed by atoms with Crippen LogP contribution >= 0.6 is 0 Å². The van der Waals surface area contributed by atoms with Crippen LogP contribution in [0.4, 0.5) is 0 Å². The lowest BCUT2D eigenvalue weighted by Gasteiger charge is -2.08. The van der Waals surface area contributed by atoms with Gasteiger partial charge in [-0.15, -0.1) is 0 Å². The molecule has 0 bridgehead atoms. The van der Waals surface area contributed by atoms with Gasteiger partial charge in [0, 0.05) is 12.5 Å². The molecule has 0 saturated heterocycles. The highest BCUT2D eigenvalue weighted by Crippen LogP contribution is 2.23. The normalized spacial score (nSPS) is 12.4. The zero-order chi connectivity index (χ0) is 10.7. The number of nitrogens with two attached hydrogens (primary N) is 1. The fraction of sp³-hybridized carbons (Fsp3) is 0.222. The minimum absolute atomic E-state index is 0.0292. The maximum atomic E-state index is 10.4. The molecule has 5 heteroatoms. The molecule has 1 aromatic carbocycles. The number of rotatable bonds is 3. The summed E-state index contributed by atoms with van der Waals surface area (Å²) in [6, 6.07) is 2.89. The molecule has 14 heavy (non-hydrogen) atoms. The Morgan fingerprint density at radius 3 is 2.57 bits per heavy atom. The van der Waals surface area contributed by atoms with Gasteiger partial charge in [0.2, 0.25) is 0 Å². The zero-order valence-electron chi connectivity index (χ0n) is 7.34. The SMILES string of the molecule is N[C@H](Cc1ccc(O)cc1O)C(=O)O. The number of hydrogen-bond acceptors (Lipinski definition) is 4. The molecule has 0 aromatic heterocycles. The summed E-state index contributed by atoms with van der Waals surface area (Å²) in [6.07, 6.45) is 0.0292. The summed E-state index contributed by atoms with van der Waals surface area (Å²) in [5.74, 6) is -1.35. The highest BCUT2D eigenvalue weighted by Gasteiger charge is 2.14. The first-order valence-corrected chi connectivity index (χ1v) is 4.00. The number of benzene rings is 1. The summed E-state index contributed by atoms with van der Waals surface area (Å²) < 4.78 is 0. The molecule has 5 N–H and O–H groups in total. The van der Waals surface area contributed by atoms with E-state index in [1.54, 1.807) is 0 Å². The molecule has 0 amide bonds. The van der Waals surface area contributed by atoms with Crippen molar-refractivity contribution < 1.29 is 20.1 Å². The average molecular weight is 197 g/mol. The van der Waals surface area contributed by atoms with Crippen LogP contribution in [0.1, 0.15) is 5.56 Å². The second-order valence-corrected chi connectivity index (χ2v) is 2.96. The zero-order valence-corrected chi connectivity index (χ0v) is 7.34. The van der Waals surface area contributed by atoms with E-state index in [1.165, 1.54) is 12.1 Å². The molecule has 1 rings (SSSR count). The Labute approximate surface area is 80.4 Å². The third-order valence-corrected chi connectivity index (χ3v) is 1.83. The van der Waals surface area contributed by atoms with Crippen LogP contribution in [0.15, 0.2) is 18.2 Å². The van der Waals surface area contributed by atoms with Crippen LogP contribution in [-0.4, -0.2) is 27.3 Å². The van der Waals surface area contributed by atoms with Crippen molar-refractivity contribution in [2.75, 3.05) is 0 Å². The molecule has 0 heterocycles. The van der Waals surface area contributed by atoms with Crippen LogP contribution in [0.3, 0.4) is 0 Å². The number of carboxylic acid groups (broad SMARTS) is 1. The molecule has 0 saturated carbocycles. The molecule has 0 unspecified atom stereocenters. The van der Waals surface area contributed by atoms with E-state index in [9.17, 15) is 9.90 Å². The van der Waals surface area contributed by atoms with Crippen molar-refractivity contribution in [1.82, 2.24) is 0 Å². The molecule has 1 atom stereocenters. The van der Waals surface area contributed by atoms with Crippen molar-refractivity contribution in [2.24, 2.45) is 5.73 Å². The Kier molecular flexibility index (Phi) is 2.93. The number of hydrogen-bond donors (Lipinski definition) is 4. The van der Waals surface area contributed by atoms with Crippen molar-refractivity contribution in [3.8, 4) is 11.5 Å². The van der Waals surface area contributed by atoms with Gasteiger partial charge in [-0.2, -0.15) is 0 Å². The lowest BCUT2D eigenvalue weighted by atomic mass is 10.1. The van der Waals surface area contributed by atoms with Crippen LogP contribution in [0.5, 0.6) is 11.5 Å². The van der Waals surface area contributed by atoms with Gasteiger partial charge >= 0.3 is 5.97 Å². The lowest BCUT2D eigenvalue weighted by Crippen LogP contribution is -2.32. The number of aliphatic carboxylic acids is 1. The summed E-state index contributed by atoms with van der Waals surface area (Å²) in [5.41, 5.74) is 5.68. The highest BCUT2D eigenvalue weighted by atomic mass is 16.4. The molecule has 0 fully saturated rings. The number of carboxylic acids is 1. The molecule has 0 radical (unpaired) electrons. The van der Waals surface area contributed by atoms with Crippen molar-refractivity contribution in [3.05, 3.63) is 23.8 Å². The van der Waals surface area contributed by atoms with Gasteiger partial charge in [-0.3, -0.25) is 4.79 Å². The smallest absolute Gasteiger partial charge is 0.320 e. The first-order chi connectivity index (χ1) is 6.50. The van der Waals surface area contributed by atoms with E-state index in [0.29, 0.717) is 5.56 Å². The van der Waals surface area contributed by atoms with Gasteiger partial charge in [-0.1, -0.05) is 6.07 Å². The Balaban J connectivity index is 2.82. The van der Waals surface area contributed by atoms with Gasteiger partial charge in [0.05, 0.1) is 0 Å². The van der Waals surface area contributed by atoms with Gasteiger partial charge in [0.25, 0.3) is 0 Å². The first-order valence-electron chi connectivity index (χ1n) is 4.00. The van der Waals surface area contributed by atoms with Gasteiger partial charge in [0.15, 0.2) is 0 Å². The third kappa shape index (κ3) is 2.37. The predicted molar refractivity (Wildman–Crippen MR) is 49.1 cm³/mol. The van der Waals surface area contributed by atoms with E-state index in [1.807, 2.05) is 0 Å². The van der Waals surface area contributed by atoms with Crippen LogP contribution in [0.25, 0.3) is 0 Å². The van der Waals surface area contributed by atoms with Crippen LogP contribution < -0.4 is 5.73 Å². The number of phenolic OH excluding ortho intramolecular Hbond substituents is 2. The second kappa shape index (κ2) is 3.97. The largest absolute Gasteiger partial charge is 0.508 e. The maximum Gasteiger partial charge on any atom is 0.320 e. The number of aromatic hydroxyl groups is 2. The topological polar surface area (TPSA) is 104 Å². The van der Waals surface area contributed by atoms with E-state index in [2.05, 4.69) is 0 Å². The summed E-state index contributed by atoms with van der Waals surface area (Å²) in [5, 5.41) is 26.8. The van der Waals surface area contributed by atoms with E-state index < -0.39 is 12.0 Å². The van der Waals surface area contributed by atoms with Crippen LogP contribution in [-0.2, 0) is 11.2 Å². The maximum absolute atomic E-state index is 10.4. The van der Waals surface area contributed by atoms with Crippen LogP contribution in [0.2, 0.25) is 0 Å². The van der Waals surface area contributed by atoms with E-state index in [4.69, 9.17) is 15.9 Å². The molecule has 0 aliphatic rings. The lowest BCUT2D eigenvalue weighted by molar-refractivity contribution is -0.138. The van der Waals surface area contributed by atoms with Crippen molar-refractivity contribution in [2.45, 2.75) is 12.5 Å².